The topological polar surface area (TPSA) is 99.6 Å². The van der Waals surface area contributed by atoms with Gasteiger partial charge in [-0.15, -0.1) is 0 Å². The smallest absolute Gasteiger partial charge is 0.256 e. The lowest BCUT2D eigenvalue weighted by molar-refractivity contribution is -0.114. The molecule has 0 spiro atoms. The van der Waals surface area contributed by atoms with E-state index in [1.807, 2.05) is 17.9 Å². The number of thiazole rings is 1. The summed E-state index contributed by atoms with van der Waals surface area (Å²) >= 11 is -0.987. The lowest BCUT2D eigenvalue weighted by atomic mass is 9.96. The fourth-order valence-electron chi connectivity index (χ4n) is 4.03. The molecule has 1 fully saturated rings. The highest BCUT2D eigenvalue weighted by molar-refractivity contribution is 7.79. The number of carbonyl (C=O) groups is 2. The van der Waals surface area contributed by atoms with Crippen molar-refractivity contribution < 1.29 is 18.4 Å². The minimum absolute atomic E-state index is 0.130. The van der Waals surface area contributed by atoms with Gasteiger partial charge in [0.2, 0.25) is 5.91 Å². The van der Waals surface area contributed by atoms with Crippen molar-refractivity contribution in [3.8, 4) is 10.4 Å². The van der Waals surface area contributed by atoms with Crippen LogP contribution in [0.25, 0.3) is 10.4 Å². The monoisotopic (exact) mass is 433 g/mol. The molecule has 1 unspecified atom stereocenters. The zero-order valence-electron chi connectivity index (χ0n) is 16.7. The number of rotatable bonds is 5. The summed E-state index contributed by atoms with van der Waals surface area (Å²) < 4.78 is 22.0. The molecule has 2 aliphatic rings. The summed E-state index contributed by atoms with van der Waals surface area (Å²) in [5, 5.41) is 3.15. The lowest BCUT2D eigenvalue weighted by Crippen LogP contribution is -2.45. The molecule has 2 aromatic rings. The van der Waals surface area contributed by atoms with E-state index in [1.54, 1.807) is 6.07 Å². The molecule has 1 aromatic carbocycles. The molecule has 1 saturated carbocycles. The van der Waals surface area contributed by atoms with Gasteiger partial charge in [-0.25, -0.2) is 9.19 Å². The molecule has 0 bridgehead atoms. The summed E-state index contributed by atoms with van der Waals surface area (Å²) in [5.74, 6) is 0.0769. The first-order valence-electron chi connectivity index (χ1n) is 9.44. The predicted molar refractivity (Wildman–Crippen MR) is 112 cm³/mol. The Kier molecular flexibility index (Phi) is 4.87. The Balaban J connectivity index is 1.79. The largest absolute Gasteiger partial charge is 0.329 e. The van der Waals surface area contributed by atoms with E-state index in [2.05, 4.69) is 24.1 Å². The molecule has 4 rings (SSSR count). The maximum atomic E-state index is 13.2. The molecule has 29 heavy (non-hydrogen) atoms. The molecule has 2 N–H and O–H groups in total. The number of carbonyl (C=O) groups excluding carboxylic acids is 2. The summed E-state index contributed by atoms with van der Waals surface area (Å²) in [6, 6.07) is 3.50. The number of benzene rings is 1. The number of fused-ring (bicyclic) bond motifs is 1. The quantitative estimate of drug-likeness (QED) is 0.699. The molecule has 154 valence electrons. The number of anilines is 1. The third kappa shape index (κ3) is 3.51. The first-order valence-corrected chi connectivity index (χ1v) is 11.4. The molecular formula is C20H23N3O4S2. The number of aromatic nitrogens is 1. The van der Waals surface area contributed by atoms with E-state index < -0.39 is 11.1 Å². The van der Waals surface area contributed by atoms with Gasteiger partial charge >= 0.3 is 0 Å². The van der Waals surface area contributed by atoms with Crippen LogP contribution in [0.2, 0.25) is 0 Å². The Bertz CT molecular complexity index is 1060. The number of nitrogens with one attached hydrogen (secondary N) is 1. The molecule has 2 heterocycles. The van der Waals surface area contributed by atoms with E-state index in [-0.39, 0.29) is 22.2 Å². The Morgan fingerprint density at radius 3 is 2.66 bits per heavy atom. The first kappa shape index (κ1) is 20.2. The van der Waals surface area contributed by atoms with Crippen LogP contribution >= 0.6 is 11.3 Å². The van der Waals surface area contributed by atoms with Gasteiger partial charge in [0.05, 0.1) is 21.0 Å². The fraction of sp³-hybridized carbons (Fsp3) is 0.450. The second kappa shape index (κ2) is 7.00. The van der Waals surface area contributed by atoms with E-state index in [9.17, 15) is 18.4 Å². The minimum Gasteiger partial charge on any atom is -0.329 e. The minimum atomic E-state index is -2.29. The third-order valence-corrected chi connectivity index (χ3v) is 7.59. The highest BCUT2D eigenvalue weighted by atomic mass is 32.2. The van der Waals surface area contributed by atoms with Crippen molar-refractivity contribution in [3.05, 3.63) is 29.0 Å². The van der Waals surface area contributed by atoms with Crippen molar-refractivity contribution >= 4 is 39.4 Å². The van der Waals surface area contributed by atoms with E-state index in [1.165, 1.54) is 18.3 Å². The standard InChI is InChI=1S/C20H23N3O4S2/c1-10-17(28-19(21-10)22-11(2)24)12-7-13-9-23(20(3,4)14-5-6-14)18(25)16(13)15(8-12)29(26)27/h7-8,14H,5-6,9H2,1-4H3,(H,26,27)(H,21,22,24). The number of aryl methyl sites for hydroxylation is 1. The molecule has 2 amide bonds. The Morgan fingerprint density at radius 1 is 1.38 bits per heavy atom. The van der Waals surface area contributed by atoms with Crippen LogP contribution in [0, 0.1) is 12.8 Å². The molecule has 9 heteroatoms. The number of hydrogen-bond donors (Lipinski definition) is 2. The Morgan fingerprint density at radius 2 is 2.07 bits per heavy atom. The number of hydrogen-bond acceptors (Lipinski definition) is 5. The van der Waals surface area contributed by atoms with Crippen LogP contribution in [0.1, 0.15) is 55.2 Å². The van der Waals surface area contributed by atoms with Crippen molar-refractivity contribution in [1.82, 2.24) is 9.88 Å². The van der Waals surface area contributed by atoms with E-state index in [0.717, 1.165) is 28.8 Å². The van der Waals surface area contributed by atoms with Crippen LogP contribution in [-0.2, 0) is 22.4 Å². The van der Waals surface area contributed by atoms with Crippen LogP contribution < -0.4 is 5.32 Å². The zero-order chi connectivity index (χ0) is 21.1. The highest BCUT2D eigenvalue weighted by Gasteiger charge is 2.47. The van der Waals surface area contributed by atoms with Gasteiger partial charge in [0, 0.05) is 19.0 Å². The summed E-state index contributed by atoms with van der Waals surface area (Å²) in [5.41, 5.74) is 2.25. The SMILES string of the molecule is CC(=O)Nc1nc(C)c(-c2cc3c(c(S(=O)O)c2)C(=O)N(C(C)(C)C2CC2)C3)s1. The lowest BCUT2D eigenvalue weighted by Gasteiger charge is -2.36. The molecule has 1 atom stereocenters. The van der Waals surface area contributed by atoms with Gasteiger partial charge in [0.25, 0.3) is 5.91 Å². The van der Waals surface area contributed by atoms with Crippen molar-refractivity contribution in [2.24, 2.45) is 5.92 Å². The van der Waals surface area contributed by atoms with Crippen LogP contribution in [0.5, 0.6) is 0 Å². The van der Waals surface area contributed by atoms with E-state index in [4.69, 9.17) is 0 Å². The molecular weight excluding hydrogens is 410 g/mol. The maximum absolute atomic E-state index is 13.2. The van der Waals surface area contributed by atoms with E-state index in [0.29, 0.717) is 28.9 Å². The van der Waals surface area contributed by atoms with Gasteiger partial charge in [-0.2, -0.15) is 0 Å². The second-order valence-corrected chi connectivity index (χ2v) is 10.1. The Hall–Kier alpha value is -2.10. The second-order valence-electron chi connectivity index (χ2n) is 8.19. The maximum Gasteiger partial charge on any atom is 0.256 e. The molecule has 0 saturated heterocycles. The highest BCUT2D eigenvalue weighted by Crippen LogP contribution is 2.47. The summed E-state index contributed by atoms with van der Waals surface area (Å²) in [6.07, 6.45) is 2.20. The molecule has 1 aromatic heterocycles. The summed E-state index contributed by atoms with van der Waals surface area (Å²) in [6.45, 7) is 7.80. The zero-order valence-corrected chi connectivity index (χ0v) is 18.4. The third-order valence-electron chi connectivity index (χ3n) is 5.77. The van der Waals surface area contributed by atoms with Crippen molar-refractivity contribution in [2.45, 2.75) is 57.5 Å². The van der Waals surface area contributed by atoms with Gasteiger partial charge in [-0.3, -0.25) is 9.59 Å². The molecule has 1 aliphatic carbocycles. The van der Waals surface area contributed by atoms with Crippen molar-refractivity contribution in [1.29, 1.82) is 0 Å². The Labute approximate surface area is 175 Å². The van der Waals surface area contributed by atoms with Gasteiger partial charge in [0.15, 0.2) is 16.2 Å². The first-order chi connectivity index (χ1) is 13.6. The molecule has 0 radical (unpaired) electrons. The van der Waals surface area contributed by atoms with Crippen LogP contribution in [0.4, 0.5) is 5.13 Å². The molecule has 1 aliphatic heterocycles. The van der Waals surface area contributed by atoms with Crippen LogP contribution in [-0.4, -0.2) is 36.0 Å². The van der Waals surface area contributed by atoms with Gasteiger partial charge in [0.1, 0.15) is 0 Å². The fourth-order valence-corrected chi connectivity index (χ4v) is 5.65. The normalized spacial score (nSPS) is 17.4. The summed E-state index contributed by atoms with van der Waals surface area (Å²) in [7, 11) is 0. The number of amides is 2. The van der Waals surface area contributed by atoms with Gasteiger partial charge in [-0.05, 0) is 62.8 Å². The van der Waals surface area contributed by atoms with Crippen LogP contribution in [0.15, 0.2) is 17.0 Å². The van der Waals surface area contributed by atoms with Crippen LogP contribution in [0.3, 0.4) is 0 Å². The van der Waals surface area contributed by atoms with Gasteiger partial charge in [-0.1, -0.05) is 11.3 Å². The average molecular weight is 434 g/mol. The average Bonchev–Trinajstić information content (AvgIpc) is 3.35. The van der Waals surface area contributed by atoms with Crippen molar-refractivity contribution in [3.63, 3.8) is 0 Å². The van der Waals surface area contributed by atoms with Crippen molar-refractivity contribution in [2.75, 3.05) is 5.32 Å². The number of nitrogens with zero attached hydrogens (tertiary/aromatic N) is 2. The van der Waals surface area contributed by atoms with Gasteiger partial charge < -0.3 is 14.8 Å². The molecule has 7 nitrogen and oxygen atoms in total. The van der Waals surface area contributed by atoms with E-state index >= 15 is 0 Å². The summed E-state index contributed by atoms with van der Waals surface area (Å²) in [4.78, 5) is 31.6. The predicted octanol–water partition coefficient (Wildman–Crippen LogP) is 3.80.